The molecule has 1 aliphatic carbocycles. The average Bonchev–Trinajstić information content (AvgIpc) is 3.72. The van der Waals surface area contributed by atoms with Crippen molar-refractivity contribution in [1.82, 2.24) is 0 Å². The second kappa shape index (κ2) is 11.7. The van der Waals surface area contributed by atoms with E-state index >= 15 is 0 Å². The van der Waals surface area contributed by atoms with E-state index in [9.17, 15) is 23.6 Å². The van der Waals surface area contributed by atoms with Crippen LogP contribution in [0.1, 0.15) is 41.2 Å². The van der Waals surface area contributed by atoms with Gasteiger partial charge in [-0.3, -0.25) is 15.0 Å². The fourth-order valence-corrected chi connectivity index (χ4v) is 4.33. The number of nitrogens with zero attached hydrogens (tertiary/aromatic N) is 2. The van der Waals surface area contributed by atoms with Crippen molar-refractivity contribution in [2.45, 2.75) is 31.6 Å². The minimum Gasteiger partial charge on any atom is -0.478 e. The van der Waals surface area contributed by atoms with E-state index in [0.717, 1.165) is 28.8 Å². The van der Waals surface area contributed by atoms with Crippen LogP contribution in [0.25, 0.3) is 11.1 Å². The van der Waals surface area contributed by atoms with Crippen molar-refractivity contribution in [3.8, 4) is 11.1 Å². The van der Waals surface area contributed by atoms with Crippen LogP contribution in [0.3, 0.4) is 0 Å². The minimum absolute atomic E-state index is 0.0927. The number of benzene rings is 2. The number of hydrogen-bond donors (Lipinski definition) is 5. The number of aromatic carboxylic acids is 1. The molecule has 1 unspecified atom stereocenters. The fraction of sp³-hybridized carbons (Fsp3) is 0.222. The van der Waals surface area contributed by atoms with Crippen molar-refractivity contribution < 1.29 is 33.4 Å². The molecular weight excluding hydrogens is 532 g/mol. The Morgan fingerprint density at radius 2 is 1.85 bits per heavy atom. The molecule has 9 nitrogen and oxygen atoms in total. The SMILES string of the molecule is N/C(=C\N(N)c1ccc(Cl)cc1-c1ccc(C(CC2CC2)C(=O)Nc2ccc(C(=O)O)cc2)[n+](O)c1)C(F)F. The Balaban J connectivity index is 1.64. The van der Waals surface area contributed by atoms with Gasteiger partial charge in [0.15, 0.2) is 0 Å². The zero-order chi connectivity index (χ0) is 28.3. The number of aromatic nitrogens is 1. The zero-order valence-corrected chi connectivity index (χ0v) is 21.4. The molecule has 1 aromatic heterocycles. The molecular formula is C27H27ClF2N5O4+. The first kappa shape index (κ1) is 27.8. The Kier molecular flexibility index (Phi) is 8.32. The monoisotopic (exact) mass is 558 g/mol. The number of amides is 1. The van der Waals surface area contributed by atoms with Crippen molar-refractivity contribution in [2.75, 3.05) is 10.3 Å². The van der Waals surface area contributed by atoms with E-state index in [1.54, 1.807) is 18.2 Å². The number of carbonyl (C=O) groups excluding carboxylic acids is 1. The van der Waals surface area contributed by atoms with Gasteiger partial charge < -0.3 is 16.2 Å². The van der Waals surface area contributed by atoms with Gasteiger partial charge in [0, 0.05) is 33.3 Å². The third-order valence-electron chi connectivity index (χ3n) is 6.39. The molecule has 12 heteroatoms. The van der Waals surface area contributed by atoms with Gasteiger partial charge in [-0.25, -0.2) is 19.4 Å². The first-order valence-electron chi connectivity index (χ1n) is 12.0. The third kappa shape index (κ3) is 6.81. The molecule has 0 spiro atoms. The number of halogens is 3. The zero-order valence-electron chi connectivity index (χ0n) is 20.6. The summed E-state index contributed by atoms with van der Waals surface area (Å²) in [6.07, 6.45) is 1.86. The Bertz CT molecular complexity index is 1410. The molecule has 0 bridgehead atoms. The lowest BCUT2D eigenvalue weighted by molar-refractivity contribution is -0.909. The smallest absolute Gasteiger partial charge is 0.335 e. The summed E-state index contributed by atoms with van der Waals surface area (Å²) >= 11 is 6.18. The molecule has 2 aromatic carbocycles. The van der Waals surface area contributed by atoms with Crippen LogP contribution < -0.4 is 26.6 Å². The van der Waals surface area contributed by atoms with Gasteiger partial charge in [0.25, 0.3) is 6.43 Å². The highest BCUT2D eigenvalue weighted by Crippen LogP contribution is 2.39. The van der Waals surface area contributed by atoms with Gasteiger partial charge >= 0.3 is 5.97 Å². The lowest BCUT2D eigenvalue weighted by Crippen LogP contribution is -2.40. The van der Waals surface area contributed by atoms with Gasteiger partial charge in [-0.1, -0.05) is 24.4 Å². The number of allylic oxidation sites excluding steroid dienone is 1. The normalized spacial score (nSPS) is 14.2. The fourth-order valence-electron chi connectivity index (χ4n) is 4.16. The maximum absolute atomic E-state index is 13.3. The van der Waals surface area contributed by atoms with Gasteiger partial charge in [-0.2, -0.15) is 0 Å². The van der Waals surface area contributed by atoms with Crippen LogP contribution in [0.5, 0.6) is 0 Å². The highest BCUT2D eigenvalue weighted by Gasteiger charge is 2.36. The number of anilines is 2. The van der Waals surface area contributed by atoms with Gasteiger partial charge in [-0.05, 0) is 60.9 Å². The second-order valence-corrected chi connectivity index (χ2v) is 9.73. The van der Waals surface area contributed by atoms with Crippen molar-refractivity contribution in [2.24, 2.45) is 17.5 Å². The number of carbonyl (C=O) groups is 2. The lowest BCUT2D eigenvalue weighted by Gasteiger charge is -2.19. The van der Waals surface area contributed by atoms with Crippen molar-refractivity contribution >= 4 is 34.9 Å². The van der Waals surface area contributed by atoms with Crippen LogP contribution in [0, 0.1) is 5.92 Å². The van der Waals surface area contributed by atoms with Crippen LogP contribution in [0.2, 0.25) is 5.02 Å². The van der Waals surface area contributed by atoms with Gasteiger partial charge in [-0.15, -0.1) is 0 Å². The summed E-state index contributed by atoms with van der Waals surface area (Å²) in [7, 11) is 0. The largest absolute Gasteiger partial charge is 0.478 e. The molecule has 1 aliphatic rings. The summed E-state index contributed by atoms with van der Waals surface area (Å²) in [6.45, 7) is 0. The number of pyridine rings is 1. The molecule has 4 rings (SSSR count). The summed E-state index contributed by atoms with van der Waals surface area (Å²) in [6, 6.07) is 13.7. The van der Waals surface area contributed by atoms with Gasteiger partial charge in [0.1, 0.15) is 5.92 Å². The summed E-state index contributed by atoms with van der Waals surface area (Å²) in [5.41, 5.74) is 6.66. The number of hydrogen-bond acceptors (Lipinski definition) is 6. The highest BCUT2D eigenvalue weighted by molar-refractivity contribution is 6.31. The number of nitrogens with one attached hydrogen (secondary N) is 1. The molecule has 0 radical (unpaired) electrons. The van der Waals surface area contributed by atoms with Crippen LogP contribution >= 0.6 is 11.6 Å². The molecule has 0 saturated heterocycles. The maximum Gasteiger partial charge on any atom is 0.335 e. The van der Waals surface area contributed by atoms with E-state index < -0.39 is 24.0 Å². The molecule has 7 N–H and O–H groups in total. The quantitative estimate of drug-likeness (QED) is 0.107. The Morgan fingerprint density at radius 1 is 1.15 bits per heavy atom. The molecule has 1 fully saturated rings. The highest BCUT2D eigenvalue weighted by atomic mass is 35.5. The van der Waals surface area contributed by atoms with E-state index in [1.807, 2.05) is 0 Å². The van der Waals surface area contributed by atoms with E-state index in [2.05, 4.69) is 5.32 Å². The number of carboxylic acid groups (broad SMARTS) is 1. The Morgan fingerprint density at radius 3 is 2.44 bits per heavy atom. The molecule has 204 valence electrons. The summed E-state index contributed by atoms with van der Waals surface area (Å²) in [5, 5.41) is 24.1. The first-order chi connectivity index (χ1) is 18.5. The Hall–Kier alpha value is -4.22. The average molecular weight is 559 g/mol. The van der Waals surface area contributed by atoms with E-state index in [1.165, 1.54) is 42.6 Å². The molecule has 1 amide bonds. The van der Waals surface area contributed by atoms with E-state index in [-0.39, 0.29) is 11.5 Å². The maximum atomic E-state index is 13.3. The summed E-state index contributed by atoms with van der Waals surface area (Å²) in [4.78, 5) is 24.4. The predicted octanol–water partition coefficient (Wildman–Crippen LogP) is 4.50. The Labute approximate surface area is 227 Å². The summed E-state index contributed by atoms with van der Waals surface area (Å²) in [5.74, 6) is 4.19. The number of hydrazine groups is 1. The van der Waals surface area contributed by atoms with E-state index in [4.69, 9.17) is 28.3 Å². The number of alkyl halides is 2. The molecule has 1 atom stereocenters. The molecule has 1 saturated carbocycles. The van der Waals surface area contributed by atoms with E-state index in [0.29, 0.717) is 45.6 Å². The minimum atomic E-state index is -2.89. The molecule has 3 aromatic rings. The molecule has 0 aliphatic heterocycles. The van der Waals surface area contributed by atoms with Crippen molar-refractivity contribution in [3.63, 3.8) is 0 Å². The third-order valence-corrected chi connectivity index (χ3v) is 6.62. The number of carboxylic acids is 1. The summed E-state index contributed by atoms with van der Waals surface area (Å²) < 4.78 is 26.7. The van der Waals surface area contributed by atoms with Crippen LogP contribution in [0.15, 0.2) is 72.7 Å². The topological polar surface area (TPSA) is 146 Å². The molecule has 1 heterocycles. The van der Waals surface area contributed by atoms with Crippen molar-refractivity contribution in [3.05, 3.63) is 89.0 Å². The van der Waals surface area contributed by atoms with Crippen molar-refractivity contribution in [1.29, 1.82) is 0 Å². The first-order valence-corrected chi connectivity index (χ1v) is 12.4. The van der Waals surface area contributed by atoms with Crippen LogP contribution in [-0.2, 0) is 4.79 Å². The van der Waals surface area contributed by atoms with Gasteiger partial charge in [0.05, 0.1) is 22.5 Å². The number of nitrogens with two attached hydrogens (primary N) is 2. The lowest BCUT2D eigenvalue weighted by atomic mass is 9.95. The predicted molar refractivity (Wildman–Crippen MR) is 141 cm³/mol. The molecule has 39 heavy (non-hydrogen) atoms. The standard InChI is InChI=1S/C27H26ClF2N5O4/c28-18-6-10-23(34(32)14-22(31)25(29)30)20(12-18)17-5-9-24(35(39)13-17)21(11-15-1-2-15)26(36)33-19-7-3-16(4-8-19)27(37)38/h3-10,12-15,21,25H,1-2,11,31-32H2,(H2-,33,36,37,38,39)/p+1/b22-14-. The van der Waals surface area contributed by atoms with Crippen LogP contribution in [0.4, 0.5) is 20.2 Å². The second-order valence-electron chi connectivity index (χ2n) is 9.29. The number of rotatable bonds is 10. The van der Waals surface area contributed by atoms with Crippen LogP contribution in [-0.4, -0.2) is 28.6 Å². The van der Waals surface area contributed by atoms with Gasteiger partial charge in [0.2, 0.25) is 17.8 Å².